The van der Waals surface area contributed by atoms with Crippen molar-refractivity contribution >= 4 is 0 Å². The molecule has 2 aliphatic heterocycles. The number of nitrogens with one attached hydrogen (secondary N) is 1. The van der Waals surface area contributed by atoms with Gasteiger partial charge in [0.2, 0.25) is 0 Å². The number of ether oxygens (including phenoxy) is 1. The number of piperazine rings is 1. The highest BCUT2D eigenvalue weighted by Gasteiger charge is 2.37. The Hall–Kier alpha value is -2.11. The van der Waals surface area contributed by atoms with Crippen LogP contribution in [0.15, 0.2) is 35.3 Å². The standard InChI is InChI=1S/C20H25N3O2/c1-13-6-16(10-22(2)20(13)24)14-4-5-15(19(7-14)25-3)11-23-12-17-8-18(23)9-21-17/h4-7,10,17-18,21H,8-9,11-12H2,1-3H3/t17-,18?/m0/s1. The van der Waals surface area contributed by atoms with Crippen LogP contribution in [-0.4, -0.2) is 41.8 Å². The van der Waals surface area contributed by atoms with Gasteiger partial charge in [0.05, 0.1) is 7.11 Å². The molecular weight excluding hydrogens is 314 g/mol. The van der Waals surface area contributed by atoms with Crippen LogP contribution < -0.4 is 15.6 Å². The number of aryl methyl sites for hydroxylation is 2. The summed E-state index contributed by atoms with van der Waals surface area (Å²) >= 11 is 0. The van der Waals surface area contributed by atoms with Gasteiger partial charge in [0, 0.05) is 56.1 Å². The molecule has 0 aliphatic carbocycles. The zero-order valence-electron chi connectivity index (χ0n) is 15.1. The van der Waals surface area contributed by atoms with Crippen molar-refractivity contribution in [2.75, 3.05) is 20.2 Å². The van der Waals surface area contributed by atoms with E-state index in [1.165, 1.54) is 12.0 Å². The number of nitrogens with zero attached hydrogens (tertiary/aromatic N) is 2. The maximum Gasteiger partial charge on any atom is 0.253 e. The predicted octanol–water partition coefficient (Wildman–Crippen LogP) is 1.92. The van der Waals surface area contributed by atoms with Crippen LogP contribution in [0.1, 0.15) is 17.5 Å². The molecular formula is C20H25N3O2. The molecule has 5 nitrogen and oxygen atoms in total. The van der Waals surface area contributed by atoms with Gasteiger partial charge in [0.15, 0.2) is 0 Å². The molecule has 1 unspecified atom stereocenters. The summed E-state index contributed by atoms with van der Waals surface area (Å²) in [5, 5.41) is 3.55. The van der Waals surface area contributed by atoms with Crippen LogP contribution in [0.25, 0.3) is 11.1 Å². The van der Waals surface area contributed by atoms with Crippen LogP contribution in [0.3, 0.4) is 0 Å². The quantitative estimate of drug-likeness (QED) is 0.924. The predicted molar refractivity (Wildman–Crippen MR) is 99.0 cm³/mol. The number of pyridine rings is 1. The Bertz CT molecular complexity index is 832. The molecule has 0 saturated carbocycles. The normalized spacial score (nSPS) is 22.5. The van der Waals surface area contributed by atoms with E-state index in [-0.39, 0.29) is 5.56 Å². The summed E-state index contributed by atoms with van der Waals surface area (Å²) < 4.78 is 7.31. The lowest BCUT2D eigenvalue weighted by atomic mass is 10.0. The van der Waals surface area contributed by atoms with E-state index in [0.717, 1.165) is 42.1 Å². The summed E-state index contributed by atoms with van der Waals surface area (Å²) in [5.74, 6) is 0.916. The minimum atomic E-state index is 0.0463. The van der Waals surface area contributed by atoms with E-state index in [1.807, 2.05) is 19.2 Å². The van der Waals surface area contributed by atoms with Crippen molar-refractivity contribution in [3.63, 3.8) is 0 Å². The van der Waals surface area contributed by atoms with Crippen molar-refractivity contribution in [3.05, 3.63) is 51.9 Å². The Balaban J connectivity index is 1.62. The van der Waals surface area contributed by atoms with Crippen molar-refractivity contribution in [2.45, 2.75) is 32.0 Å². The molecule has 1 N–H and O–H groups in total. The molecule has 2 bridgehead atoms. The van der Waals surface area contributed by atoms with Crippen LogP contribution in [-0.2, 0) is 13.6 Å². The highest BCUT2D eigenvalue weighted by atomic mass is 16.5. The Morgan fingerprint density at radius 1 is 1.28 bits per heavy atom. The lowest BCUT2D eigenvalue weighted by Crippen LogP contribution is -2.43. The number of fused-ring (bicyclic) bond motifs is 2. The first-order chi connectivity index (χ1) is 12.0. The van der Waals surface area contributed by atoms with Crippen LogP contribution >= 0.6 is 0 Å². The Kier molecular flexibility index (Phi) is 4.13. The van der Waals surface area contributed by atoms with Crippen LogP contribution in [0.5, 0.6) is 5.75 Å². The molecule has 5 heteroatoms. The number of methoxy groups -OCH3 is 1. The molecule has 0 spiro atoms. The summed E-state index contributed by atoms with van der Waals surface area (Å²) in [6, 6.07) is 9.63. The van der Waals surface area contributed by atoms with Gasteiger partial charge in [-0.25, -0.2) is 0 Å². The third kappa shape index (κ3) is 2.98. The highest BCUT2D eigenvalue weighted by Crippen LogP contribution is 2.31. The SMILES string of the molecule is COc1cc(-c2cc(C)c(=O)n(C)c2)ccc1CN1C[C@@H]2CC1CN2. The van der Waals surface area contributed by atoms with Crippen molar-refractivity contribution in [1.82, 2.24) is 14.8 Å². The van der Waals surface area contributed by atoms with Gasteiger partial charge in [0.1, 0.15) is 5.75 Å². The molecule has 1 aromatic heterocycles. The molecule has 2 aromatic rings. The molecule has 0 amide bonds. The molecule has 2 saturated heterocycles. The molecule has 4 rings (SSSR count). The zero-order valence-corrected chi connectivity index (χ0v) is 15.1. The fourth-order valence-corrected chi connectivity index (χ4v) is 4.15. The number of hydrogen-bond donors (Lipinski definition) is 1. The summed E-state index contributed by atoms with van der Waals surface area (Å²) in [6.45, 7) is 5.00. The van der Waals surface area contributed by atoms with E-state index in [9.17, 15) is 4.79 Å². The van der Waals surface area contributed by atoms with Crippen LogP contribution in [0, 0.1) is 6.92 Å². The van der Waals surface area contributed by atoms with E-state index in [2.05, 4.69) is 28.4 Å². The molecule has 132 valence electrons. The maximum atomic E-state index is 11.9. The van der Waals surface area contributed by atoms with E-state index in [4.69, 9.17) is 4.74 Å². The minimum absolute atomic E-state index is 0.0463. The summed E-state index contributed by atoms with van der Waals surface area (Å²) in [7, 11) is 3.52. The Morgan fingerprint density at radius 2 is 2.12 bits per heavy atom. The Morgan fingerprint density at radius 3 is 2.76 bits per heavy atom. The number of likely N-dealkylation sites (tertiary alicyclic amines) is 1. The first kappa shape index (κ1) is 16.4. The van der Waals surface area contributed by atoms with E-state index in [0.29, 0.717) is 12.1 Å². The van der Waals surface area contributed by atoms with Gasteiger partial charge in [-0.15, -0.1) is 0 Å². The fraction of sp³-hybridized carbons (Fsp3) is 0.450. The van der Waals surface area contributed by atoms with Crippen molar-refractivity contribution in [2.24, 2.45) is 7.05 Å². The third-order valence-electron chi connectivity index (χ3n) is 5.53. The van der Waals surface area contributed by atoms with E-state index in [1.54, 1.807) is 18.7 Å². The highest BCUT2D eigenvalue weighted by molar-refractivity contribution is 5.66. The summed E-state index contributed by atoms with van der Waals surface area (Å²) in [5.41, 5.74) is 4.13. The molecule has 1 aromatic carbocycles. The number of aromatic nitrogens is 1. The largest absolute Gasteiger partial charge is 0.496 e. The topological polar surface area (TPSA) is 46.5 Å². The molecule has 3 heterocycles. The van der Waals surface area contributed by atoms with Crippen LogP contribution in [0.4, 0.5) is 0 Å². The number of benzene rings is 1. The smallest absolute Gasteiger partial charge is 0.253 e. The van der Waals surface area contributed by atoms with Gasteiger partial charge < -0.3 is 14.6 Å². The van der Waals surface area contributed by atoms with Crippen molar-refractivity contribution < 1.29 is 4.74 Å². The lowest BCUT2D eigenvalue weighted by Gasteiger charge is -2.28. The maximum absolute atomic E-state index is 11.9. The first-order valence-corrected chi connectivity index (χ1v) is 8.87. The summed E-state index contributed by atoms with van der Waals surface area (Å²) in [6.07, 6.45) is 3.15. The minimum Gasteiger partial charge on any atom is -0.496 e. The zero-order chi connectivity index (χ0) is 17.6. The molecule has 2 atom stereocenters. The second kappa shape index (κ2) is 6.32. The molecule has 25 heavy (non-hydrogen) atoms. The fourth-order valence-electron chi connectivity index (χ4n) is 4.15. The van der Waals surface area contributed by atoms with Gasteiger partial charge in [-0.05, 0) is 36.6 Å². The van der Waals surface area contributed by atoms with E-state index < -0.39 is 0 Å². The summed E-state index contributed by atoms with van der Waals surface area (Å²) in [4.78, 5) is 14.5. The van der Waals surface area contributed by atoms with Gasteiger partial charge in [-0.2, -0.15) is 0 Å². The molecule has 2 aliphatic rings. The lowest BCUT2D eigenvalue weighted by molar-refractivity contribution is 0.215. The Labute approximate surface area is 148 Å². The van der Waals surface area contributed by atoms with E-state index >= 15 is 0 Å². The molecule has 2 fully saturated rings. The van der Waals surface area contributed by atoms with Crippen molar-refractivity contribution in [3.8, 4) is 16.9 Å². The van der Waals surface area contributed by atoms with Gasteiger partial charge in [-0.3, -0.25) is 9.69 Å². The van der Waals surface area contributed by atoms with Gasteiger partial charge in [-0.1, -0.05) is 12.1 Å². The second-order valence-corrected chi connectivity index (χ2v) is 7.28. The number of rotatable bonds is 4. The van der Waals surface area contributed by atoms with Crippen molar-refractivity contribution in [1.29, 1.82) is 0 Å². The average Bonchev–Trinajstić information content (AvgIpc) is 3.22. The van der Waals surface area contributed by atoms with Crippen LogP contribution in [0.2, 0.25) is 0 Å². The molecule has 0 radical (unpaired) electrons. The first-order valence-electron chi connectivity index (χ1n) is 8.87. The van der Waals surface area contributed by atoms with Gasteiger partial charge >= 0.3 is 0 Å². The second-order valence-electron chi connectivity index (χ2n) is 7.28. The monoisotopic (exact) mass is 339 g/mol. The number of hydrogen-bond acceptors (Lipinski definition) is 4. The third-order valence-corrected chi connectivity index (χ3v) is 5.53. The average molecular weight is 339 g/mol. The van der Waals surface area contributed by atoms with Gasteiger partial charge in [0.25, 0.3) is 5.56 Å².